The molecule has 1 saturated carbocycles. The summed E-state index contributed by atoms with van der Waals surface area (Å²) in [5.74, 6) is -9.02. The van der Waals surface area contributed by atoms with Crippen molar-refractivity contribution in [2.24, 2.45) is 17.6 Å². The molecule has 3 amide bonds. The number of hydrogen-bond acceptors (Lipinski definition) is 10. The van der Waals surface area contributed by atoms with Gasteiger partial charge in [-0.25, -0.2) is 9.18 Å². The molecule has 0 bridgehead atoms. The second-order valence-corrected chi connectivity index (χ2v) is 11.2. The van der Waals surface area contributed by atoms with Gasteiger partial charge in [0, 0.05) is 49.3 Å². The number of amides is 3. The van der Waals surface area contributed by atoms with Crippen molar-refractivity contribution in [3.05, 3.63) is 77.0 Å². The first-order valence-corrected chi connectivity index (χ1v) is 13.3. The Morgan fingerprint density at radius 2 is 1.73 bits per heavy atom. The van der Waals surface area contributed by atoms with Gasteiger partial charge in [-0.3, -0.25) is 19.3 Å². The highest BCUT2D eigenvalue weighted by Gasteiger charge is 2.64. The number of aromatic hydroxyl groups is 1. The largest absolute Gasteiger partial charge is 0.508 e. The van der Waals surface area contributed by atoms with Crippen molar-refractivity contribution in [1.29, 1.82) is 0 Å². The van der Waals surface area contributed by atoms with Crippen LogP contribution >= 0.6 is 0 Å². The van der Waals surface area contributed by atoms with Gasteiger partial charge in [0.1, 0.15) is 22.9 Å². The average Bonchev–Trinajstić information content (AvgIpc) is 2.91. The van der Waals surface area contributed by atoms with Gasteiger partial charge in [0.2, 0.25) is 5.78 Å². The second-order valence-electron chi connectivity index (χ2n) is 11.2. The molecule has 0 saturated heterocycles. The number of phenolic OH excluding ortho intramolecular Hbond substituents is 1. The minimum absolute atomic E-state index is 0.130. The Morgan fingerprint density at radius 1 is 1.05 bits per heavy atom. The lowest BCUT2D eigenvalue weighted by molar-refractivity contribution is -0.149. The fourth-order valence-corrected chi connectivity index (χ4v) is 6.09. The fourth-order valence-electron chi connectivity index (χ4n) is 6.09. The Balaban J connectivity index is 1.64. The number of carbonyl (C=O) groups is 4. The minimum Gasteiger partial charge on any atom is -0.508 e. The molecule has 2 aromatic rings. The van der Waals surface area contributed by atoms with Gasteiger partial charge < -0.3 is 41.7 Å². The van der Waals surface area contributed by atoms with Crippen LogP contribution in [0.2, 0.25) is 0 Å². The van der Waals surface area contributed by atoms with Gasteiger partial charge in [-0.2, -0.15) is 0 Å². The number of nitrogens with two attached hydrogens (primary N) is 1. The number of phenols is 1. The van der Waals surface area contributed by atoms with Gasteiger partial charge in [0.05, 0.1) is 17.3 Å². The number of nitrogens with one attached hydrogen (secondary N) is 2. The predicted octanol–water partition coefficient (Wildman–Crippen LogP) is 1.64. The summed E-state index contributed by atoms with van der Waals surface area (Å²) in [5, 5.41) is 50.4. The van der Waals surface area contributed by atoms with Crippen LogP contribution in [0.1, 0.15) is 11.1 Å². The molecule has 230 valence electrons. The van der Waals surface area contributed by atoms with Gasteiger partial charge in [0.15, 0.2) is 17.1 Å². The van der Waals surface area contributed by atoms with Crippen LogP contribution in [0.4, 0.5) is 26.2 Å². The number of carbonyl (C=O) groups excluding carboxylic acids is 4. The van der Waals surface area contributed by atoms with E-state index in [0.29, 0.717) is 5.69 Å². The first-order chi connectivity index (χ1) is 20.6. The number of aliphatic hydroxyl groups is 3. The Bertz CT molecular complexity index is 1700. The second kappa shape index (κ2) is 10.6. The van der Waals surface area contributed by atoms with Crippen molar-refractivity contribution in [3.8, 4) is 5.75 Å². The van der Waals surface area contributed by atoms with Crippen molar-refractivity contribution in [1.82, 2.24) is 4.90 Å². The minimum atomic E-state index is -2.85. The van der Waals surface area contributed by atoms with E-state index in [2.05, 4.69) is 10.6 Å². The maximum atomic E-state index is 14.0. The number of fused-ring (bicyclic) bond motifs is 3. The topological polar surface area (TPSA) is 206 Å². The molecule has 0 aromatic heterocycles. The number of primary amides is 1. The number of likely N-dealkylation sites (N-methyl/N-ethyl adjacent to an activating group) is 1. The summed E-state index contributed by atoms with van der Waals surface area (Å²) >= 11 is 0. The zero-order valence-electron chi connectivity index (χ0n) is 24.0. The molecule has 5 rings (SSSR count). The van der Waals surface area contributed by atoms with Crippen LogP contribution in [0.3, 0.4) is 0 Å². The zero-order valence-corrected chi connectivity index (χ0v) is 24.0. The SMILES string of the molecule is CN(C)c1cc(NC(=O)Nc2cccc(F)c2)c(O)c2c1[CH]C1[CH]C3[C@H](N(C)C)C(=O)C(C(N)=O)=C(O)[C@@]3(O)C(=O)C1=C2O. The summed E-state index contributed by atoms with van der Waals surface area (Å²) in [6.45, 7) is 0. The lowest BCUT2D eigenvalue weighted by Crippen LogP contribution is -2.66. The van der Waals surface area contributed by atoms with E-state index in [1.165, 1.54) is 56.1 Å². The number of aliphatic hydroxyl groups excluding tert-OH is 2. The van der Waals surface area contributed by atoms with Crippen molar-refractivity contribution in [3.63, 3.8) is 0 Å². The van der Waals surface area contributed by atoms with E-state index in [1.807, 2.05) is 0 Å². The van der Waals surface area contributed by atoms with E-state index in [9.17, 15) is 44.0 Å². The summed E-state index contributed by atoms with van der Waals surface area (Å²) in [6, 6.07) is 4.42. The van der Waals surface area contributed by atoms with Gasteiger partial charge in [-0.15, -0.1) is 0 Å². The molecule has 0 spiro atoms. The number of halogens is 1. The van der Waals surface area contributed by atoms with Crippen LogP contribution in [0.15, 0.2) is 47.2 Å². The van der Waals surface area contributed by atoms with Crippen LogP contribution in [-0.4, -0.2) is 88.7 Å². The first-order valence-electron chi connectivity index (χ1n) is 13.3. The quantitative estimate of drug-likeness (QED) is 0.193. The monoisotopic (exact) mass is 607 g/mol. The molecule has 14 heteroatoms. The van der Waals surface area contributed by atoms with Gasteiger partial charge in [0.25, 0.3) is 5.91 Å². The third-order valence-corrected chi connectivity index (χ3v) is 8.05. The van der Waals surface area contributed by atoms with Crippen LogP contribution in [0, 0.1) is 30.5 Å². The van der Waals surface area contributed by atoms with Crippen LogP contribution in [0.5, 0.6) is 5.75 Å². The Hall–Kier alpha value is -4.95. The van der Waals surface area contributed by atoms with Crippen molar-refractivity contribution in [2.45, 2.75) is 11.6 Å². The average molecular weight is 608 g/mol. The molecule has 3 aliphatic carbocycles. The summed E-state index contributed by atoms with van der Waals surface area (Å²) in [5.41, 5.74) is 1.48. The highest BCUT2D eigenvalue weighted by Crippen LogP contribution is 2.54. The van der Waals surface area contributed by atoms with Crippen molar-refractivity contribution >= 4 is 46.3 Å². The van der Waals surface area contributed by atoms with E-state index < -0.39 is 81.2 Å². The number of rotatable bonds is 5. The van der Waals surface area contributed by atoms with E-state index >= 15 is 0 Å². The van der Waals surface area contributed by atoms with Crippen molar-refractivity contribution in [2.75, 3.05) is 43.7 Å². The zero-order chi connectivity index (χ0) is 32.4. The lowest BCUT2D eigenvalue weighted by atomic mass is 9.57. The number of anilines is 3. The highest BCUT2D eigenvalue weighted by molar-refractivity contribution is 6.25. The number of ketones is 2. The molecule has 1 fully saturated rings. The van der Waals surface area contributed by atoms with Gasteiger partial charge in [-0.05, 0) is 50.3 Å². The van der Waals surface area contributed by atoms with Crippen LogP contribution in [0.25, 0.3) is 5.76 Å². The normalized spacial score (nSPS) is 24.5. The predicted molar refractivity (Wildman–Crippen MR) is 157 cm³/mol. The third-order valence-electron chi connectivity index (χ3n) is 8.05. The summed E-state index contributed by atoms with van der Waals surface area (Å²) in [6.07, 6.45) is 2.95. The molecule has 2 radical (unpaired) electrons. The molecule has 8 N–H and O–H groups in total. The Kier molecular flexibility index (Phi) is 7.38. The maximum absolute atomic E-state index is 14.0. The van der Waals surface area contributed by atoms with E-state index in [-0.39, 0.29) is 22.5 Å². The van der Waals surface area contributed by atoms with Gasteiger partial charge in [-0.1, -0.05) is 6.07 Å². The number of benzene rings is 2. The molecule has 44 heavy (non-hydrogen) atoms. The molecule has 0 aliphatic heterocycles. The molecule has 2 aromatic carbocycles. The summed E-state index contributed by atoms with van der Waals surface area (Å²) in [4.78, 5) is 55.1. The first kappa shape index (κ1) is 30.5. The Morgan fingerprint density at radius 3 is 2.32 bits per heavy atom. The van der Waals surface area contributed by atoms with Gasteiger partial charge >= 0.3 is 6.03 Å². The summed E-state index contributed by atoms with van der Waals surface area (Å²) in [7, 11) is 6.31. The molecular weight excluding hydrogens is 577 g/mol. The number of hydrogen-bond donors (Lipinski definition) is 7. The van der Waals surface area contributed by atoms with E-state index in [0.717, 1.165) is 6.07 Å². The summed E-state index contributed by atoms with van der Waals surface area (Å²) < 4.78 is 13.6. The number of urea groups is 1. The van der Waals surface area contributed by atoms with Crippen LogP contribution < -0.4 is 21.3 Å². The number of nitrogens with zero attached hydrogens (tertiary/aromatic N) is 2. The maximum Gasteiger partial charge on any atom is 0.323 e. The lowest BCUT2D eigenvalue weighted by Gasteiger charge is -2.50. The fraction of sp³-hybridized carbons (Fsp3) is 0.267. The molecule has 0 heterocycles. The molecular formula is C30H30FN5O8. The van der Waals surface area contributed by atoms with Crippen LogP contribution in [-0.2, 0) is 14.4 Å². The number of Topliss-reactive ketones (excluding diaryl/α,β-unsaturated/α-hetero) is 2. The molecule has 3 aliphatic rings. The smallest absolute Gasteiger partial charge is 0.323 e. The highest BCUT2D eigenvalue weighted by atomic mass is 19.1. The molecule has 4 atom stereocenters. The third kappa shape index (κ3) is 4.53. The van der Waals surface area contributed by atoms with E-state index in [4.69, 9.17) is 5.73 Å². The standard InChI is InChI=1S/C30H30FN5O8/c1-35(2)18-11-17(34-29(43)33-14-7-5-6-13(31)10-14)23(37)20-15(18)8-12-9-16-22(36(3)4)25(39)21(28(32)42)27(41)30(16,44)26(40)19(12)24(20)38/h5-12,16,22,37-38,41,44H,1-4H3,(H2,32,42)(H2,33,34,43)/t12?,16?,22-,30-/m0/s1. The van der Waals surface area contributed by atoms with Crippen molar-refractivity contribution < 1.29 is 44.0 Å². The Labute approximate surface area is 251 Å². The molecule has 13 nitrogen and oxygen atoms in total. The molecule has 2 unspecified atom stereocenters. The van der Waals surface area contributed by atoms with E-state index in [1.54, 1.807) is 19.0 Å².